The van der Waals surface area contributed by atoms with Crippen molar-refractivity contribution in [2.75, 3.05) is 6.54 Å². The first-order chi connectivity index (χ1) is 10.4. The summed E-state index contributed by atoms with van der Waals surface area (Å²) in [5.74, 6) is 1.47. The monoisotopic (exact) mass is 282 g/mol. The Morgan fingerprint density at radius 2 is 1.95 bits per heavy atom. The van der Waals surface area contributed by atoms with Crippen LogP contribution in [0.2, 0.25) is 0 Å². The van der Waals surface area contributed by atoms with E-state index in [9.17, 15) is 0 Å². The topological polar surface area (TPSA) is 42.7 Å². The maximum Gasteiger partial charge on any atom is 0.141 e. The van der Waals surface area contributed by atoms with Gasteiger partial charge < -0.3 is 9.88 Å². The summed E-state index contributed by atoms with van der Waals surface area (Å²) in [5, 5.41) is 12.2. The first kappa shape index (κ1) is 13.0. The molecule has 1 fully saturated rings. The second-order valence-electron chi connectivity index (χ2n) is 6.27. The Balaban J connectivity index is 1.70. The van der Waals surface area contributed by atoms with Crippen molar-refractivity contribution in [2.45, 2.75) is 50.6 Å². The highest BCUT2D eigenvalue weighted by atomic mass is 15.3. The lowest BCUT2D eigenvalue weighted by atomic mass is 9.89. The summed E-state index contributed by atoms with van der Waals surface area (Å²) in [6.45, 7) is 1.92. The normalized spacial score (nSPS) is 23.0. The maximum absolute atomic E-state index is 4.49. The molecule has 0 radical (unpaired) electrons. The van der Waals surface area contributed by atoms with Gasteiger partial charge in [0.15, 0.2) is 0 Å². The quantitative estimate of drug-likeness (QED) is 0.920. The van der Waals surface area contributed by atoms with Gasteiger partial charge in [-0.2, -0.15) is 0 Å². The Kier molecular flexibility index (Phi) is 3.47. The van der Waals surface area contributed by atoms with Crippen molar-refractivity contribution >= 4 is 0 Å². The van der Waals surface area contributed by atoms with Gasteiger partial charge in [-0.3, -0.25) is 0 Å². The van der Waals surface area contributed by atoms with Crippen LogP contribution in [-0.2, 0) is 6.54 Å². The summed E-state index contributed by atoms with van der Waals surface area (Å²) < 4.78 is 2.35. The van der Waals surface area contributed by atoms with Crippen molar-refractivity contribution in [2.24, 2.45) is 0 Å². The van der Waals surface area contributed by atoms with E-state index < -0.39 is 0 Å². The Morgan fingerprint density at radius 1 is 1.10 bits per heavy atom. The molecule has 4 rings (SSSR count). The van der Waals surface area contributed by atoms with Gasteiger partial charge >= 0.3 is 0 Å². The summed E-state index contributed by atoms with van der Waals surface area (Å²) >= 11 is 0. The summed E-state index contributed by atoms with van der Waals surface area (Å²) in [4.78, 5) is 0. The molecule has 1 aromatic carbocycles. The van der Waals surface area contributed by atoms with Crippen molar-refractivity contribution in [3.63, 3.8) is 0 Å². The molecular formula is C17H22N4. The molecular weight excluding hydrogens is 260 g/mol. The number of rotatable bonds is 2. The third-order valence-electron chi connectivity index (χ3n) is 4.97. The third kappa shape index (κ3) is 2.38. The molecule has 1 atom stereocenters. The van der Waals surface area contributed by atoms with Crippen LogP contribution in [0.5, 0.6) is 0 Å². The molecule has 4 nitrogen and oxygen atoms in total. The van der Waals surface area contributed by atoms with Crippen LogP contribution in [0.4, 0.5) is 0 Å². The summed E-state index contributed by atoms with van der Waals surface area (Å²) in [6, 6.07) is 9.32. The SMILES string of the molecule is c1ccc2c(c1)CNCC2c1nncn1C1CCCCC1. The Morgan fingerprint density at radius 3 is 2.86 bits per heavy atom. The largest absolute Gasteiger partial charge is 0.314 e. The Labute approximate surface area is 125 Å². The molecule has 2 aromatic rings. The number of benzene rings is 1. The molecule has 1 N–H and O–H groups in total. The van der Waals surface area contributed by atoms with E-state index in [-0.39, 0.29) is 0 Å². The van der Waals surface area contributed by atoms with E-state index in [1.807, 2.05) is 6.33 Å². The molecule has 1 aromatic heterocycles. The number of nitrogens with one attached hydrogen (secondary N) is 1. The van der Waals surface area contributed by atoms with Crippen molar-refractivity contribution in [1.82, 2.24) is 20.1 Å². The van der Waals surface area contributed by atoms with E-state index in [0.29, 0.717) is 12.0 Å². The number of hydrogen-bond donors (Lipinski definition) is 1. The minimum Gasteiger partial charge on any atom is -0.314 e. The standard InChI is InChI=1S/C17H22N4/c1-2-7-14(8-3-1)21-12-19-20-17(21)16-11-18-10-13-6-4-5-9-15(13)16/h4-6,9,12,14,16,18H,1-3,7-8,10-11H2. The van der Waals surface area contributed by atoms with Crippen LogP contribution in [0.15, 0.2) is 30.6 Å². The molecule has 2 heterocycles. The average molecular weight is 282 g/mol. The summed E-state index contributed by atoms with van der Waals surface area (Å²) in [7, 11) is 0. The number of hydrogen-bond acceptors (Lipinski definition) is 3. The van der Waals surface area contributed by atoms with Gasteiger partial charge in [-0.15, -0.1) is 10.2 Å². The lowest BCUT2D eigenvalue weighted by molar-refractivity contribution is 0.340. The second-order valence-corrected chi connectivity index (χ2v) is 6.27. The molecule has 0 bridgehead atoms. The fourth-order valence-corrected chi connectivity index (χ4v) is 3.87. The Bertz CT molecular complexity index is 613. The maximum atomic E-state index is 4.49. The molecule has 2 aliphatic rings. The predicted molar refractivity (Wildman–Crippen MR) is 82.1 cm³/mol. The fraction of sp³-hybridized carbons (Fsp3) is 0.529. The average Bonchev–Trinajstić information content (AvgIpc) is 3.04. The minimum absolute atomic E-state index is 0.333. The van der Waals surface area contributed by atoms with E-state index in [0.717, 1.165) is 18.9 Å². The molecule has 0 amide bonds. The number of nitrogens with zero attached hydrogens (tertiary/aromatic N) is 3. The highest BCUT2D eigenvalue weighted by Crippen LogP contribution is 2.34. The van der Waals surface area contributed by atoms with Crippen LogP contribution in [0.1, 0.15) is 61.0 Å². The Hall–Kier alpha value is -1.68. The zero-order chi connectivity index (χ0) is 14.1. The van der Waals surface area contributed by atoms with Crippen LogP contribution in [0, 0.1) is 0 Å². The van der Waals surface area contributed by atoms with E-state index in [4.69, 9.17) is 0 Å². The van der Waals surface area contributed by atoms with Gasteiger partial charge in [0.25, 0.3) is 0 Å². The summed E-state index contributed by atoms with van der Waals surface area (Å²) in [6.07, 6.45) is 8.54. The van der Waals surface area contributed by atoms with Crippen LogP contribution in [-0.4, -0.2) is 21.3 Å². The molecule has 1 saturated carbocycles. The van der Waals surface area contributed by atoms with Crippen molar-refractivity contribution in [3.8, 4) is 0 Å². The molecule has 21 heavy (non-hydrogen) atoms. The first-order valence-corrected chi connectivity index (χ1v) is 8.11. The molecule has 110 valence electrons. The molecule has 1 aliphatic carbocycles. The zero-order valence-corrected chi connectivity index (χ0v) is 12.3. The molecule has 1 aliphatic heterocycles. The number of aromatic nitrogens is 3. The van der Waals surface area contributed by atoms with Crippen LogP contribution in [0.3, 0.4) is 0 Å². The van der Waals surface area contributed by atoms with Gasteiger partial charge in [0.05, 0.1) is 5.92 Å². The highest BCUT2D eigenvalue weighted by Gasteiger charge is 2.28. The van der Waals surface area contributed by atoms with Gasteiger partial charge in [0.2, 0.25) is 0 Å². The zero-order valence-electron chi connectivity index (χ0n) is 12.3. The van der Waals surface area contributed by atoms with Crippen molar-refractivity contribution < 1.29 is 0 Å². The van der Waals surface area contributed by atoms with E-state index >= 15 is 0 Å². The molecule has 0 spiro atoms. The van der Waals surface area contributed by atoms with E-state index in [1.54, 1.807) is 0 Å². The van der Waals surface area contributed by atoms with Crippen molar-refractivity contribution in [3.05, 3.63) is 47.5 Å². The molecule has 0 saturated heterocycles. The smallest absolute Gasteiger partial charge is 0.141 e. The fourth-order valence-electron chi connectivity index (χ4n) is 3.87. The van der Waals surface area contributed by atoms with Gasteiger partial charge in [-0.05, 0) is 24.0 Å². The third-order valence-corrected chi connectivity index (χ3v) is 4.97. The van der Waals surface area contributed by atoms with Crippen molar-refractivity contribution in [1.29, 1.82) is 0 Å². The number of fused-ring (bicyclic) bond motifs is 1. The molecule has 1 unspecified atom stereocenters. The highest BCUT2D eigenvalue weighted by molar-refractivity contribution is 5.36. The van der Waals surface area contributed by atoms with Crippen LogP contribution >= 0.6 is 0 Å². The predicted octanol–water partition coefficient (Wildman–Crippen LogP) is 3.02. The molecule has 4 heteroatoms. The minimum atomic E-state index is 0.333. The van der Waals surface area contributed by atoms with E-state index in [1.165, 1.54) is 43.2 Å². The first-order valence-electron chi connectivity index (χ1n) is 8.11. The van der Waals surface area contributed by atoms with Crippen LogP contribution in [0.25, 0.3) is 0 Å². The van der Waals surface area contributed by atoms with Crippen LogP contribution < -0.4 is 5.32 Å². The van der Waals surface area contributed by atoms with Gasteiger partial charge in [0.1, 0.15) is 12.2 Å². The van der Waals surface area contributed by atoms with Gasteiger partial charge in [0, 0.05) is 19.1 Å². The lowest BCUT2D eigenvalue weighted by Crippen LogP contribution is -2.31. The summed E-state index contributed by atoms with van der Waals surface area (Å²) in [5.41, 5.74) is 2.81. The van der Waals surface area contributed by atoms with E-state index in [2.05, 4.69) is 44.3 Å². The van der Waals surface area contributed by atoms with Gasteiger partial charge in [-0.25, -0.2) is 0 Å². The second kappa shape index (κ2) is 5.60. The lowest BCUT2D eigenvalue weighted by Gasteiger charge is -2.29. The van der Waals surface area contributed by atoms with Gasteiger partial charge in [-0.1, -0.05) is 43.5 Å².